The van der Waals surface area contributed by atoms with Gasteiger partial charge < -0.3 is 4.42 Å². The van der Waals surface area contributed by atoms with Gasteiger partial charge in [0.25, 0.3) is 17.8 Å². The van der Waals surface area contributed by atoms with Crippen LogP contribution in [0.2, 0.25) is 0 Å². The number of nitrogens with one attached hydrogen (secondary N) is 3. The first-order valence-corrected chi connectivity index (χ1v) is 18.7. The molecule has 55 heavy (non-hydrogen) atoms. The number of furan rings is 1. The van der Waals surface area contributed by atoms with E-state index >= 15 is 0 Å². The van der Waals surface area contributed by atoms with E-state index in [2.05, 4.69) is 209 Å². The Morgan fingerprint density at radius 3 is 1.40 bits per heavy atom. The molecule has 9 aromatic rings. The van der Waals surface area contributed by atoms with Gasteiger partial charge in [0.15, 0.2) is 0 Å². The molecule has 1 unspecified atom stereocenters. The lowest BCUT2D eigenvalue weighted by Gasteiger charge is -2.16. The summed E-state index contributed by atoms with van der Waals surface area (Å²) in [5, 5.41) is 5.86. The summed E-state index contributed by atoms with van der Waals surface area (Å²) in [6, 6.07) is 70.6. The fourth-order valence-corrected chi connectivity index (χ4v) is 7.69. The first kappa shape index (κ1) is 32.4. The second kappa shape index (κ2) is 13.9. The van der Waals surface area contributed by atoms with Crippen LogP contribution >= 0.6 is 0 Å². The van der Waals surface area contributed by atoms with Crippen molar-refractivity contribution in [3.63, 3.8) is 0 Å². The third kappa shape index (κ3) is 6.30. The Hall–Kier alpha value is -7.30. The standard InChI is InChI=1S/C51H35N3O/c1-4-12-34(13-5-1)36-22-24-37(25-23-36)38-26-28-39(29-27-38)42-30-31-46-45(33-42)48-44(20-11-21-47(48)55-46)51-53-49(40-16-8-3-9-17-40)52-50(54-51)43-19-10-18-41(32-43)35-14-6-2-7-15-35/h1-33,51H,(H,52,53,54)/p+2. The van der Waals surface area contributed by atoms with E-state index in [1.165, 1.54) is 27.8 Å². The molecule has 0 radical (unpaired) electrons. The van der Waals surface area contributed by atoms with Crippen molar-refractivity contribution in [3.8, 4) is 44.5 Å². The van der Waals surface area contributed by atoms with Gasteiger partial charge in [-0.05, 0) is 93.0 Å². The largest absolute Gasteiger partial charge is 0.456 e. The minimum absolute atomic E-state index is 0.243. The Bertz CT molecular complexity index is 2860. The molecule has 260 valence electrons. The van der Waals surface area contributed by atoms with Crippen molar-refractivity contribution < 1.29 is 14.4 Å². The van der Waals surface area contributed by atoms with Gasteiger partial charge in [0.2, 0.25) is 0 Å². The fraction of sp³-hybridized carbons (Fsp3) is 0.0196. The van der Waals surface area contributed by atoms with Crippen LogP contribution in [0.3, 0.4) is 0 Å². The van der Waals surface area contributed by atoms with Gasteiger partial charge in [0, 0.05) is 10.8 Å². The summed E-state index contributed by atoms with van der Waals surface area (Å²) in [6.07, 6.45) is -0.243. The summed E-state index contributed by atoms with van der Waals surface area (Å²) in [4.78, 5) is 7.62. The molecule has 0 bridgehead atoms. The van der Waals surface area contributed by atoms with Gasteiger partial charge in [-0.1, -0.05) is 152 Å². The van der Waals surface area contributed by atoms with Crippen LogP contribution in [0.15, 0.2) is 205 Å². The van der Waals surface area contributed by atoms with Crippen LogP contribution in [-0.2, 0) is 0 Å². The van der Waals surface area contributed by atoms with Gasteiger partial charge in [-0.3, -0.25) is 0 Å². The monoisotopic (exact) mass is 707 g/mol. The molecular weight excluding hydrogens is 671 g/mol. The molecule has 0 spiro atoms. The minimum Gasteiger partial charge on any atom is -0.456 e. The van der Waals surface area contributed by atoms with E-state index < -0.39 is 0 Å². The zero-order chi connectivity index (χ0) is 36.6. The van der Waals surface area contributed by atoms with Crippen molar-refractivity contribution in [1.82, 2.24) is 5.32 Å². The zero-order valence-corrected chi connectivity index (χ0v) is 30.0. The van der Waals surface area contributed by atoms with E-state index in [1.54, 1.807) is 0 Å². The normalized spacial score (nSPS) is 14.0. The van der Waals surface area contributed by atoms with Crippen molar-refractivity contribution >= 4 is 33.6 Å². The third-order valence-electron chi connectivity index (χ3n) is 10.5. The van der Waals surface area contributed by atoms with E-state index in [0.717, 1.165) is 67.0 Å². The summed E-state index contributed by atoms with van der Waals surface area (Å²) in [7, 11) is 0. The molecule has 1 atom stereocenters. The molecule has 8 aromatic carbocycles. The SMILES string of the molecule is c1ccc(C2=[NH+]C(c3cccc4oc5ccc(-c6ccc(-c7ccc(-c8ccccc8)cc7)cc6)cc5c34)[NH+]=C(c3cccc(-c4ccccc4)c3)N2)cc1. The van der Waals surface area contributed by atoms with Crippen LogP contribution in [0.5, 0.6) is 0 Å². The summed E-state index contributed by atoms with van der Waals surface area (Å²) in [5.41, 5.74) is 14.4. The molecule has 0 saturated heterocycles. The van der Waals surface area contributed by atoms with Gasteiger partial charge in [-0.15, -0.1) is 0 Å². The molecule has 10 rings (SSSR count). The molecule has 4 nitrogen and oxygen atoms in total. The Labute approximate surface area is 319 Å². The zero-order valence-electron chi connectivity index (χ0n) is 30.0. The highest BCUT2D eigenvalue weighted by Gasteiger charge is 2.30. The van der Waals surface area contributed by atoms with E-state index in [4.69, 9.17) is 4.42 Å². The van der Waals surface area contributed by atoms with E-state index in [0.29, 0.717) is 0 Å². The lowest BCUT2D eigenvalue weighted by atomic mass is 9.97. The number of hydrogen-bond donors (Lipinski definition) is 3. The molecule has 0 saturated carbocycles. The summed E-state index contributed by atoms with van der Waals surface area (Å²) in [6.45, 7) is 0. The molecule has 2 heterocycles. The van der Waals surface area contributed by atoms with Crippen molar-refractivity contribution in [3.05, 3.63) is 217 Å². The highest BCUT2D eigenvalue weighted by molar-refractivity contribution is 6.12. The number of amidine groups is 2. The first-order valence-electron chi connectivity index (χ1n) is 18.7. The average Bonchev–Trinajstić information content (AvgIpc) is 3.66. The van der Waals surface area contributed by atoms with Crippen LogP contribution in [-0.4, -0.2) is 11.7 Å². The molecule has 3 N–H and O–H groups in total. The Morgan fingerprint density at radius 1 is 0.345 bits per heavy atom. The van der Waals surface area contributed by atoms with Crippen LogP contribution < -0.4 is 15.3 Å². The van der Waals surface area contributed by atoms with Gasteiger partial charge in [0.1, 0.15) is 11.2 Å². The fourth-order valence-electron chi connectivity index (χ4n) is 7.69. The van der Waals surface area contributed by atoms with E-state index in [9.17, 15) is 0 Å². The topological polar surface area (TPSA) is 53.1 Å². The van der Waals surface area contributed by atoms with Crippen molar-refractivity contribution in [2.75, 3.05) is 0 Å². The predicted molar refractivity (Wildman–Crippen MR) is 224 cm³/mol. The maximum absolute atomic E-state index is 6.50. The van der Waals surface area contributed by atoms with Gasteiger partial charge in [-0.2, -0.15) is 0 Å². The molecule has 1 aliphatic heterocycles. The molecular formula is C51H37N3O+2. The smallest absolute Gasteiger partial charge is 0.286 e. The number of hydrogen-bond acceptors (Lipinski definition) is 2. The predicted octanol–water partition coefficient (Wildman–Crippen LogP) is 8.91. The number of benzene rings is 8. The van der Waals surface area contributed by atoms with Crippen LogP contribution in [0.25, 0.3) is 66.4 Å². The lowest BCUT2D eigenvalue weighted by Crippen LogP contribution is -3.01. The summed E-state index contributed by atoms with van der Waals surface area (Å²) in [5.74, 6) is 1.87. The molecule has 0 amide bonds. The van der Waals surface area contributed by atoms with E-state index in [1.807, 2.05) is 6.07 Å². The molecule has 0 fully saturated rings. The first-order chi connectivity index (χ1) is 27.2. The highest BCUT2D eigenvalue weighted by Crippen LogP contribution is 2.36. The summed E-state index contributed by atoms with van der Waals surface area (Å²) < 4.78 is 6.50. The summed E-state index contributed by atoms with van der Waals surface area (Å²) >= 11 is 0. The highest BCUT2D eigenvalue weighted by atomic mass is 16.3. The van der Waals surface area contributed by atoms with E-state index in [-0.39, 0.29) is 6.17 Å². The Balaban J connectivity index is 1.03. The number of fused-ring (bicyclic) bond motifs is 3. The molecule has 1 aromatic heterocycles. The number of rotatable bonds is 7. The molecule has 1 aliphatic rings. The Morgan fingerprint density at radius 2 is 0.782 bits per heavy atom. The lowest BCUT2D eigenvalue weighted by molar-refractivity contribution is -0.752. The van der Waals surface area contributed by atoms with Crippen LogP contribution in [0.4, 0.5) is 0 Å². The quantitative estimate of drug-likeness (QED) is 0.155. The molecule has 0 aliphatic carbocycles. The maximum atomic E-state index is 6.50. The third-order valence-corrected chi connectivity index (χ3v) is 10.5. The maximum Gasteiger partial charge on any atom is 0.286 e. The van der Waals surface area contributed by atoms with Crippen LogP contribution in [0.1, 0.15) is 22.9 Å². The average molecular weight is 708 g/mol. The molecule has 4 heteroatoms. The van der Waals surface area contributed by atoms with Gasteiger partial charge in [0.05, 0.1) is 16.7 Å². The van der Waals surface area contributed by atoms with Crippen LogP contribution in [0, 0.1) is 0 Å². The van der Waals surface area contributed by atoms with Crippen molar-refractivity contribution in [2.24, 2.45) is 0 Å². The Kier molecular flexibility index (Phi) is 8.19. The van der Waals surface area contributed by atoms with Crippen molar-refractivity contribution in [2.45, 2.75) is 6.17 Å². The van der Waals surface area contributed by atoms with Gasteiger partial charge >= 0.3 is 0 Å². The minimum atomic E-state index is -0.243. The second-order valence-corrected chi connectivity index (χ2v) is 14.0. The van der Waals surface area contributed by atoms with Gasteiger partial charge in [-0.25, -0.2) is 15.3 Å². The van der Waals surface area contributed by atoms with Crippen molar-refractivity contribution in [1.29, 1.82) is 0 Å². The second-order valence-electron chi connectivity index (χ2n) is 14.0.